The van der Waals surface area contributed by atoms with E-state index in [4.69, 9.17) is 0 Å². The summed E-state index contributed by atoms with van der Waals surface area (Å²) in [7, 11) is 0. The van der Waals surface area contributed by atoms with Crippen LogP contribution in [0, 0.1) is 17.8 Å². The van der Waals surface area contributed by atoms with E-state index in [1.807, 2.05) is 0 Å². The number of fused-ring (bicyclic) bond motifs is 1. The fourth-order valence-electron chi connectivity index (χ4n) is 3.27. The van der Waals surface area contributed by atoms with Crippen LogP contribution in [0.5, 0.6) is 0 Å². The monoisotopic (exact) mass is 178 g/mol. The van der Waals surface area contributed by atoms with Gasteiger partial charge in [0, 0.05) is 0 Å². The first-order valence-corrected chi connectivity index (χ1v) is 5.99. The molecule has 0 nitrogen and oxygen atoms in total. The zero-order valence-corrected chi connectivity index (χ0v) is 9.05. The van der Waals surface area contributed by atoms with Crippen LogP contribution in [0.15, 0.2) is 11.6 Å². The molecule has 2 unspecified atom stereocenters. The molecule has 0 spiro atoms. The number of rotatable bonds is 1. The molecular weight excluding hydrogens is 156 g/mol. The van der Waals surface area contributed by atoms with Crippen LogP contribution in [-0.4, -0.2) is 0 Å². The summed E-state index contributed by atoms with van der Waals surface area (Å²) in [5.41, 5.74) is 1.79. The predicted octanol–water partition coefficient (Wildman–Crippen LogP) is 4.17. The molecule has 0 N–H and O–H groups in total. The molecule has 0 amide bonds. The van der Waals surface area contributed by atoms with Gasteiger partial charge in [-0.15, -0.1) is 0 Å². The highest BCUT2D eigenvalue weighted by Crippen LogP contribution is 2.43. The van der Waals surface area contributed by atoms with Crippen LogP contribution in [-0.2, 0) is 0 Å². The molecule has 1 fully saturated rings. The second-order valence-corrected chi connectivity index (χ2v) is 5.09. The molecule has 0 aromatic heterocycles. The maximum atomic E-state index is 2.54. The standard InChI is InChI=1S/C13H22/c1-10(2)12-9-5-7-11-6-3-4-8-13(11)12/h9-11,13H,3-8H2,1-2H3. The van der Waals surface area contributed by atoms with E-state index in [1.54, 1.807) is 5.57 Å². The molecular formula is C13H22. The first-order chi connectivity index (χ1) is 6.29. The zero-order chi connectivity index (χ0) is 9.26. The minimum atomic E-state index is 0.797. The lowest BCUT2D eigenvalue weighted by Gasteiger charge is -2.38. The molecule has 13 heavy (non-hydrogen) atoms. The van der Waals surface area contributed by atoms with Gasteiger partial charge in [-0.3, -0.25) is 0 Å². The van der Waals surface area contributed by atoms with E-state index in [2.05, 4.69) is 19.9 Å². The van der Waals surface area contributed by atoms with Crippen molar-refractivity contribution in [3.63, 3.8) is 0 Å². The second-order valence-electron chi connectivity index (χ2n) is 5.09. The Balaban J connectivity index is 2.13. The molecule has 2 aliphatic carbocycles. The molecule has 0 radical (unpaired) electrons. The van der Waals surface area contributed by atoms with E-state index in [-0.39, 0.29) is 0 Å². The van der Waals surface area contributed by atoms with Crippen LogP contribution in [0.25, 0.3) is 0 Å². The van der Waals surface area contributed by atoms with Crippen LogP contribution in [0.1, 0.15) is 52.4 Å². The topological polar surface area (TPSA) is 0 Å². The molecule has 0 heterocycles. The van der Waals surface area contributed by atoms with Crippen molar-refractivity contribution in [1.29, 1.82) is 0 Å². The van der Waals surface area contributed by atoms with E-state index in [0.29, 0.717) is 0 Å². The third-order valence-electron chi connectivity index (χ3n) is 3.92. The lowest BCUT2D eigenvalue weighted by Crippen LogP contribution is -2.26. The Bertz CT molecular complexity index is 200. The molecule has 2 aliphatic rings. The molecule has 2 atom stereocenters. The fraction of sp³-hybridized carbons (Fsp3) is 0.846. The lowest BCUT2D eigenvalue weighted by molar-refractivity contribution is 0.233. The quantitative estimate of drug-likeness (QED) is 0.529. The van der Waals surface area contributed by atoms with E-state index in [9.17, 15) is 0 Å². The number of hydrogen-bond donors (Lipinski definition) is 0. The zero-order valence-electron chi connectivity index (χ0n) is 9.05. The summed E-state index contributed by atoms with van der Waals surface area (Å²) in [6.45, 7) is 4.73. The Morgan fingerprint density at radius 1 is 1.15 bits per heavy atom. The largest absolute Gasteiger partial charge is 0.0848 e. The van der Waals surface area contributed by atoms with Crippen molar-refractivity contribution in [2.24, 2.45) is 17.8 Å². The summed E-state index contributed by atoms with van der Waals surface area (Å²) in [6, 6.07) is 0. The van der Waals surface area contributed by atoms with Crippen molar-refractivity contribution < 1.29 is 0 Å². The van der Waals surface area contributed by atoms with Gasteiger partial charge in [0.15, 0.2) is 0 Å². The third kappa shape index (κ3) is 1.82. The first-order valence-electron chi connectivity index (χ1n) is 5.99. The van der Waals surface area contributed by atoms with Gasteiger partial charge in [0.25, 0.3) is 0 Å². The maximum absolute atomic E-state index is 2.54. The minimum absolute atomic E-state index is 0.797. The van der Waals surface area contributed by atoms with Crippen molar-refractivity contribution in [3.05, 3.63) is 11.6 Å². The van der Waals surface area contributed by atoms with Gasteiger partial charge in [-0.2, -0.15) is 0 Å². The predicted molar refractivity (Wildman–Crippen MR) is 57.6 cm³/mol. The van der Waals surface area contributed by atoms with Crippen molar-refractivity contribution in [3.8, 4) is 0 Å². The van der Waals surface area contributed by atoms with Crippen molar-refractivity contribution in [2.75, 3.05) is 0 Å². The van der Waals surface area contributed by atoms with Gasteiger partial charge in [0.1, 0.15) is 0 Å². The van der Waals surface area contributed by atoms with Crippen LogP contribution in [0.2, 0.25) is 0 Å². The lowest BCUT2D eigenvalue weighted by atomic mass is 9.68. The smallest absolute Gasteiger partial charge is 0.0172 e. The number of hydrogen-bond acceptors (Lipinski definition) is 0. The average molecular weight is 178 g/mol. The van der Waals surface area contributed by atoms with Crippen LogP contribution >= 0.6 is 0 Å². The van der Waals surface area contributed by atoms with Gasteiger partial charge in [-0.05, 0) is 43.4 Å². The van der Waals surface area contributed by atoms with Gasteiger partial charge in [-0.25, -0.2) is 0 Å². The average Bonchev–Trinajstić information content (AvgIpc) is 2.17. The normalized spacial score (nSPS) is 34.2. The molecule has 0 aliphatic heterocycles. The van der Waals surface area contributed by atoms with Gasteiger partial charge < -0.3 is 0 Å². The van der Waals surface area contributed by atoms with E-state index in [1.165, 1.54) is 38.5 Å². The van der Waals surface area contributed by atoms with E-state index >= 15 is 0 Å². The Labute approximate surface area is 82.4 Å². The molecule has 0 aromatic rings. The van der Waals surface area contributed by atoms with Crippen molar-refractivity contribution >= 4 is 0 Å². The SMILES string of the molecule is CC(C)C1=CCCC2CCCCC12. The highest BCUT2D eigenvalue weighted by atomic mass is 14.4. The summed E-state index contributed by atoms with van der Waals surface area (Å²) in [4.78, 5) is 0. The summed E-state index contributed by atoms with van der Waals surface area (Å²) in [6.07, 6.45) is 11.3. The van der Waals surface area contributed by atoms with Crippen molar-refractivity contribution in [2.45, 2.75) is 52.4 Å². The van der Waals surface area contributed by atoms with Gasteiger partial charge >= 0.3 is 0 Å². The first kappa shape index (κ1) is 9.30. The highest BCUT2D eigenvalue weighted by molar-refractivity contribution is 5.14. The summed E-state index contributed by atoms with van der Waals surface area (Å²) < 4.78 is 0. The van der Waals surface area contributed by atoms with Crippen LogP contribution < -0.4 is 0 Å². The van der Waals surface area contributed by atoms with Crippen LogP contribution in [0.4, 0.5) is 0 Å². The third-order valence-corrected chi connectivity index (χ3v) is 3.92. The summed E-state index contributed by atoms with van der Waals surface area (Å²) >= 11 is 0. The minimum Gasteiger partial charge on any atom is -0.0848 e. The highest BCUT2D eigenvalue weighted by Gasteiger charge is 2.30. The van der Waals surface area contributed by atoms with E-state index < -0.39 is 0 Å². The molecule has 1 saturated carbocycles. The van der Waals surface area contributed by atoms with Gasteiger partial charge in [-0.1, -0.05) is 38.3 Å². The number of allylic oxidation sites excluding steroid dienone is 2. The molecule has 2 rings (SSSR count). The second kappa shape index (κ2) is 3.86. The Kier molecular flexibility index (Phi) is 2.76. The maximum Gasteiger partial charge on any atom is -0.0172 e. The molecule has 0 aromatic carbocycles. The molecule has 74 valence electrons. The Morgan fingerprint density at radius 2 is 1.92 bits per heavy atom. The van der Waals surface area contributed by atoms with Gasteiger partial charge in [0.05, 0.1) is 0 Å². The Morgan fingerprint density at radius 3 is 2.69 bits per heavy atom. The van der Waals surface area contributed by atoms with Crippen LogP contribution in [0.3, 0.4) is 0 Å². The molecule has 0 bridgehead atoms. The van der Waals surface area contributed by atoms with Crippen molar-refractivity contribution in [1.82, 2.24) is 0 Å². The molecule has 0 saturated heterocycles. The summed E-state index contributed by atoms with van der Waals surface area (Å²) in [5, 5.41) is 0. The Hall–Kier alpha value is -0.260. The van der Waals surface area contributed by atoms with E-state index in [0.717, 1.165) is 17.8 Å². The fourth-order valence-corrected chi connectivity index (χ4v) is 3.27. The summed E-state index contributed by atoms with van der Waals surface area (Å²) in [5.74, 6) is 2.82. The van der Waals surface area contributed by atoms with Gasteiger partial charge in [0.2, 0.25) is 0 Å². The molecule has 0 heteroatoms.